The van der Waals surface area contributed by atoms with Crippen molar-refractivity contribution in [1.29, 1.82) is 0 Å². The number of piperidine rings is 1. The van der Waals surface area contributed by atoms with Crippen LogP contribution < -0.4 is 10.2 Å². The van der Waals surface area contributed by atoms with Crippen molar-refractivity contribution in [2.75, 3.05) is 29.9 Å². The molecule has 0 radical (unpaired) electrons. The highest BCUT2D eigenvalue weighted by molar-refractivity contribution is 7.99. The summed E-state index contributed by atoms with van der Waals surface area (Å²) in [6, 6.07) is 7.98. The third-order valence-electron chi connectivity index (χ3n) is 4.39. The topological polar surface area (TPSA) is 84.4 Å². The Morgan fingerprint density at radius 1 is 1.17 bits per heavy atom. The lowest BCUT2D eigenvalue weighted by atomic mass is 9.97. The number of esters is 1. The van der Waals surface area contributed by atoms with Crippen molar-refractivity contribution in [3.8, 4) is 0 Å². The fourth-order valence-electron chi connectivity index (χ4n) is 2.98. The SMILES string of the molecule is O=C(COC(=O)C1CCN(c2ncccn2)CC1)Nc1ccccc1SC(F)F. The molecule has 3 rings (SSSR count). The molecule has 154 valence electrons. The summed E-state index contributed by atoms with van der Waals surface area (Å²) >= 11 is 0.342. The van der Waals surface area contributed by atoms with Gasteiger partial charge in [0, 0.05) is 30.4 Å². The Morgan fingerprint density at radius 2 is 1.86 bits per heavy atom. The first-order valence-electron chi connectivity index (χ1n) is 9.05. The van der Waals surface area contributed by atoms with Crippen LogP contribution in [0.2, 0.25) is 0 Å². The molecule has 1 aromatic carbocycles. The van der Waals surface area contributed by atoms with Crippen LogP contribution in [-0.2, 0) is 14.3 Å². The Bertz CT molecular complexity index is 833. The van der Waals surface area contributed by atoms with E-state index < -0.39 is 24.2 Å². The van der Waals surface area contributed by atoms with E-state index in [-0.39, 0.29) is 16.5 Å². The van der Waals surface area contributed by atoms with Crippen molar-refractivity contribution in [3.63, 3.8) is 0 Å². The fraction of sp³-hybridized carbons (Fsp3) is 0.368. The first kappa shape index (κ1) is 21.0. The summed E-state index contributed by atoms with van der Waals surface area (Å²) in [6.07, 6.45) is 4.48. The number of para-hydroxylation sites is 1. The van der Waals surface area contributed by atoms with Gasteiger partial charge in [0.25, 0.3) is 11.7 Å². The summed E-state index contributed by atoms with van der Waals surface area (Å²) in [6.45, 7) is 0.775. The minimum Gasteiger partial charge on any atom is -0.455 e. The number of thioether (sulfide) groups is 1. The Kier molecular flexibility index (Phi) is 7.34. The molecule has 2 aromatic rings. The van der Waals surface area contributed by atoms with Gasteiger partial charge in [0.15, 0.2) is 6.61 Å². The van der Waals surface area contributed by atoms with Gasteiger partial charge in [-0.05, 0) is 31.0 Å². The molecule has 0 spiro atoms. The van der Waals surface area contributed by atoms with Crippen molar-refractivity contribution in [3.05, 3.63) is 42.7 Å². The highest BCUT2D eigenvalue weighted by Crippen LogP contribution is 2.31. The molecule has 0 saturated carbocycles. The number of alkyl halides is 2. The molecule has 10 heteroatoms. The lowest BCUT2D eigenvalue weighted by Crippen LogP contribution is -2.38. The zero-order valence-electron chi connectivity index (χ0n) is 15.5. The number of aromatic nitrogens is 2. The Balaban J connectivity index is 1.45. The van der Waals surface area contributed by atoms with Gasteiger partial charge in [-0.15, -0.1) is 0 Å². The van der Waals surface area contributed by atoms with Crippen LogP contribution in [0.1, 0.15) is 12.8 Å². The van der Waals surface area contributed by atoms with Gasteiger partial charge in [-0.25, -0.2) is 9.97 Å². The van der Waals surface area contributed by atoms with Crippen LogP contribution in [0.5, 0.6) is 0 Å². The number of ether oxygens (including phenoxy) is 1. The average Bonchev–Trinajstić information content (AvgIpc) is 2.74. The first-order chi connectivity index (χ1) is 14.0. The lowest BCUT2D eigenvalue weighted by molar-refractivity contribution is -0.152. The van der Waals surface area contributed by atoms with E-state index in [0.29, 0.717) is 43.6 Å². The standard InChI is InChI=1S/C19H20F2N4O3S/c20-18(21)29-15-5-2-1-4-14(15)24-16(26)12-28-17(27)13-6-10-25(11-7-13)19-22-8-3-9-23-19/h1-5,8-9,13,18H,6-7,10-12H2,(H,24,26). The molecule has 29 heavy (non-hydrogen) atoms. The third kappa shape index (κ3) is 6.11. The van der Waals surface area contributed by atoms with Crippen molar-refractivity contribution in [1.82, 2.24) is 9.97 Å². The molecule has 0 bridgehead atoms. The van der Waals surface area contributed by atoms with Gasteiger partial charge in [-0.3, -0.25) is 9.59 Å². The number of amides is 1. The number of anilines is 2. The number of halogens is 2. The largest absolute Gasteiger partial charge is 0.455 e. The molecule has 1 aliphatic rings. The number of nitrogens with one attached hydrogen (secondary N) is 1. The van der Waals surface area contributed by atoms with E-state index in [9.17, 15) is 18.4 Å². The Hall–Kier alpha value is -2.75. The zero-order chi connectivity index (χ0) is 20.6. The number of carbonyl (C=O) groups is 2. The summed E-state index contributed by atoms with van der Waals surface area (Å²) in [5.74, 6) is -3.29. The summed E-state index contributed by atoms with van der Waals surface area (Å²) in [5, 5.41) is 2.51. The molecule has 1 amide bonds. The maximum absolute atomic E-state index is 12.6. The first-order valence-corrected chi connectivity index (χ1v) is 9.93. The second-order valence-electron chi connectivity index (χ2n) is 6.34. The van der Waals surface area contributed by atoms with E-state index in [1.165, 1.54) is 12.1 Å². The fourth-order valence-corrected chi connectivity index (χ4v) is 3.57. The molecule has 0 unspecified atom stereocenters. The van der Waals surface area contributed by atoms with Crippen LogP contribution in [0, 0.1) is 5.92 Å². The molecular formula is C19H20F2N4O3S. The van der Waals surface area contributed by atoms with Gasteiger partial charge in [0.1, 0.15) is 0 Å². The molecule has 1 N–H and O–H groups in total. The summed E-state index contributed by atoms with van der Waals surface area (Å²) < 4.78 is 30.3. The van der Waals surface area contributed by atoms with Crippen molar-refractivity contribution in [2.45, 2.75) is 23.5 Å². The summed E-state index contributed by atoms with van der Waals surface area (Å²) in [4.78, 5) is 34.9. The molecule has 1 aromatic heterocycles. The van der Waals surface area contributed by atoms with Crippen molar-refractivity contribution in [2.24, 2.45) is 5.92 Å². The predicted molar refractivity (Wildman–Crippen MR) is 105 cm³/mol. The summed E-state index contributed by atoms with van der Waals surface area (Å²) in [5.41, 5.74) is 0.259. The van der Waals surface area contributed by atoms with E-state index in [0.717, 1.165) is 0 Å². The number of rotatable bonds is 7. The molecular weight excluding hydrogens is 402 g/mol. The lowest BCUT2D eigenvalue weighted by Gasteiger charge is -2.30. The van der Waals surface area contributed by atoms with Gasteiger partial charge in [0.05, 0.1) is 11.6 Å². The van der Waals surface area contributed by atoms with Crippen molar-refractivity contribution >= 4 is 35.3 Å². The Labute approximate surface area is 170 Å². The van der Waals surface area contributed by atoms with Crippen LogP contribution in [0.3, 0.4) is 0 Å². The highest BCUT2D eigenvalue weighted by atomic mass is 32.2. The number of hydrogen-bond acceptors (Lipinski definition) is 7. The predicted octanol–water partition coefficient (Wildman–Crippen LogP) is 3.19. The third-order valence-corrected chi connectivity index (χ3v) is 5.17. The van der Waals surface area contributed by atoms with E-state index in [1.807, 2.05) is 4.90 Å². The smallest absolute Gasteiger partial charge is 0.309 e. The number of hydrogen-bond donors (Lipinski definition) is 1. The summed E-state index contributed by atoms with van der Waals surface area (Å²) in [7, 11) is 0. The highest BCUT2D eigenvalue weighted by Gasteiger charge is 2.27. The zero-order valence-corrected chi connectivity index (χ0v) is 16.3. The molecule has 0 aliphatic carbocycles. The number of carbonyl (C=O) groups excluding carboxylic acids is 2. The van der Waals surface area contributed by atoms with Gasteiger partial charge in [-0.1, -0.05) is 23.9 Å². The average molecular weight is 422 g/mol. The van der Waals surface area contributed by atoms with Gasteiger partial charge in [0.2, 0.25) is 5.95 Å². The minimum absolute atomic E-state index is 0.248. The van der Waals surface area contributed by atoms with E-state index in [4.69, 9.17) is 4.74 Å². The van der Waals surface area contributed by atoms with E-state index in [1.54, 1.807) is 30.6 Å². The maximum Gasteiger partial charge on any atom is 0.309 e. The van der Waals surface area contributed by atoms with Crippen LogP contribution in [0.4, 0.5) is 20.4 Å². The van der Waals surface area contributed by atoms with E-state index in [2.05, 4.69) is 15.3 Å². The molecule has 7 nitrogen and oxygen atoms in total. The Morgan fingerprint density at radius 3 is 2.55 bits per heavy atom. The normalized spacial score (nSPS) is 14.7. The van der Waals surface area contributed by atoms with Gasteiger partial charge >= 0.3 is 5.97 Å². The van der Waals surface area contributed by atoms with Crippen LogP contribution in [0.25, 0.3) is 0 Å². The van der Waals surface area contributed by atoms with E-state index >= 15 is 0 Å². The molecule has 0 atom stereocenters. The maximum atomic E-state index is 12.6. The molecule has 1 fully saturated rings. The molecule has 1 aliphatic heterocycles. The minimum atomic E-state index is -2.60. The molecule has 1 saturated heterocycles. The van der Waals surface area contributed by atoms with Gasteiger partial charge < -0.3 is 15.0 Å². The van der Waals surface area contributed by atoms with Crippen LogP contribution >= 0.6 is 11.8 Å². The molecule has 2 heterocycles. The number of nitrogens with zero attached hydrogens (tertiary/aromatic N) is 3. The van der Waals surface area contributed by atoms with Crippen LogP contribution in [-0.4, -0.2) is 47.3 Å². The number of benzene rings is 1. The van der Waals surface area contributed by atoms with Gasteiger partial charge in [-0.2, -0.15) is 8.78 Å². The van der Waals surface area contributed by atoms with Crippen molar-refractivity contribution < 1.29 is 23.1 Å². The second kappa shape index (κ2) is 10.1. The quantitative estimate of drug-likeness (QED) is 0.542. The second-order valence-corrected chi connectivity index (χ2v) is 7.37. The monoisotopic (exact) mass is 422 g/mol. The van der Waals surface area contributed by atoms with Crippen LogP contribution in [0.15, 0.2) is 47.6 Å².